The normalized spacial score (nSPS) is 17.9. The third kappa shape index (κ3) is 12.8. The van der Waals surface area contributed by atoms with Gasteiger partial charge in [0.15, 0.2) is 11.5 Å². The average molecular weight is 948 g/mol. The zero-order chi connectivity index (χ0) is 48.3. The number of esters is 5. The number of hydrogen-bond donors (Lipinski definition) is 0. The Bertz CT molecular complexity index is 2830. The third-order valence-corrected chi connectivity index (χ3v) is 13.8. The van der Waals surface area contributed by atoms with Crippen LogP contribution < -0.4 is 14.2 Å². The molecule has 69 heavy (non-hydrogen) atoms. The summed E-state index contributed by atoms with van der Waals surface area (Å²) in [5.74, 6) is -1.89. The first-order valence-corrected chi connectivity index (χ1v) is 24.2. The number of nitrogens with zero attached hydrogens (tertiary/aromatic N) is 1. The van der Waals surface area contributed by atoms with Crippen LogP contribution >= 0.6 is 11.3 Å². The van der Waals surface area contributed by atoms with Crippen LogP contribution in [0.25, 0.3) is 31.6 Å². The van der Waals surface area contributed by atoms with Gasteiger partial charge in [0.05, 0.1) is 22.4 Å². The summed E-state index contributed by atoms with van der Waals surface area (Å²) in [6, 6.07) is 31.6. The minimum atomic E-state index is -0.547. The third-order valence-electron chi connectivity index (χ3n) is 12.7. The number of fused-ring (bicyclic) bond motifs is 2. The molecular weight excluding hydrogens is 895 g/mol. The van der Waals surface area contributed by atoms with Crippen LogP contribution in [0.15, 0.2) is 128 Å². The summed E-state index contributed by atoms with van der Waals surface area (Å²) in [5.41, 5.74) is 3.82. The topological polar surface area (TPSA) is 161 Å². The lowest BCUT2D eigenvalue weighted by molar-refractivity contribution is -0.153. The highest BCUT2D eigenvalue weighted by Gasteiger charge is 2.32. The van der Waals surface area contributed by atoms with E-state index in [1.54, 1.807) is 47.7 Å². The number of ketones is 1. The number of thiophene rings is 1. The number of aryl methyl sites for hydroxylation is 2. The van der Waals surface area contributed by atoms with Crippen molar-refractivity contribution in [1.82, 2.24) is 4.98 Å². The molecule has 0 amide bonds. The number of aromatic nitrogens is 1. The Balaban J connectivity index is 0.861. The second-order valence-corrected chi connectivity index (χ2v) is 18.6. The maximum atomic E-state index is 13.8. The predicted molar refractivity (Wildman–Crippen MR) is 262 cm³/mol. The van der Waals surface area contributed by atoms with Crippen LogP contribution in [0.1, 0.15) is 80.9 Å². The SMILES string of the molecule is C=CC(=O)Cc1ccc(CCC(=O)OC2CCC(C(=O)Oc3ccc(OC(=O)C4CCC(OC(=O)CCc5ccc(OC(=O)C=C)cc5)CC4)c4nc(-c5cc6ccccc6s5)ccc34)CC2)cc1. The van der Waals surface area contributed by atoms with Gasteiger partial charge >= 0.3 is 29.8 Å². The van der Waals surface area contributed by atoms with Crippen molar-refractivity contribution >= 4 is 68.0 Å². The Hall–Kier alpha value is -7.25. The van der Waals surface area contributed by atoms with Gasteiger partial charge in [-0.25, -0.2) is 9.78 Å². The van der Waals surface area contributed by atoms with Crippen LogP contribution in [0.3, 0.4) is 0 Å². The molecule has 0 aliphatic heterocycles. The van der Waals surface area contributed by atoms with Crippen molar-refractivity contribution in [2.45, 2.75) is 95.7 Å². The predicted octanol–water partition coefficient (Wildman–Crippen LogP) is 10.8. The van der Waals surface area contributed by atoms with E-state index in [1.165, 1.54) is 6.08 Å². The molecule has 2 fully saturated rings. The number of carbonyl (C=O) groups is 6. The van der Waals surface area contributed by atoms with Crippen LogP contribution in [0.2, 0.25) is 0 Å². The molecule has 0 radical (unpaired) electrons. The van der Waals surface area contributed by atoms with Gasteiger partial charge in [-0.05, 0) is 141 Å². The molecule has 354 valence electrons. The average Bonchev–Trinajstić information content (AvgIpc) is 3.81. The molecule has 0 saturated heterocycles. The van der Waals surface area contributed by atoms with Crippen LogP contribution in [0.5, 0.6) is 17.2 Å². The van der Waals surface area contributed by atoms with Crippen LogP contribution in [0, 0.1) is 11.8 Å². The Morgan fingerprint density at radius 1 is 0.594 bits per heavy atom. The molecule has 6 aromatic rings. The molecule has 2 saturated carbocycles. The molecule has 2 aliphatic rings. The minimum absolute atomic E-state index is 0.0481. The summed E-state index contributed by atoms with van der Waals surface area (Å²) in [4.78, 5) is 82.0. The Kier molecular flexibility index (Phi) is 15.9. The first-order valence-electron chi connectivity index (χ1n) is 23.4. The van der Waals surface area contributed by atoms with Crippen molar-refractivity contribution in [3.05, 3.63) is 145 Å². The molecule has 4 aromatic carbocycles. The van der Waals surface area contributed by atoms with Gasteiger partial charge in [-0.1, -0.05) is 67.8 Å². The van der Waals surface area contributed by atoms with Crippen LogP contribution in [0.4, 0.5) is 0 Å². The zero-order valence-corrected chi connectivity index (χ0v) is 39.0. The maximum absolute atomic E-state index is 13.8. The van der Waals surface area contributed by atoms with Gasteiger partial charge < -0.3 is 23.7 Å². The standard InChI is InChI=1S/C56H53NO11S/c1-3-41(58)33-37-11-9-35(10-12-37)15-31-52(60)65-43-23-17-38(18-24-43)55(62)67-47-29-30-48(54-45(47)27-28-46(57-54)50-34-40-7-5-6-8-49(40)69-50)68-56(63)39-19-25-44(26-20-39)66-53(61)32-16-36-13-21-42(22-14-36)64-51(59)4-2/h3-14,21-22,27-30,34,38-39,43-44H,1-2,15-20,23-26,31-33H2. The second-order valence-electron chi connectivity index (χ2n) is 17.5. The highest BCUT2D eigenvalue weighted by atomic mass is 32.1. The first-order chi connectivity index (χ1) is 33.5. The fourth-order valence-electron chi connectivity index (χ4n) is 8.76. The van der Waals surface area contributed by atoms with E-state index in [1.807, 2.05) is 54.6 Å². The Morgan fingerprint density at radius 2 is 1.14 bits per heavy atom. The van der Waals surface area contributed by atoms with E-state index in [-0.39, 0.29) is 48.5 Å². The monoisotopic (exact) mass is 947 g/mol. The van der Waals surface area contributed by atoms with Crippen LogP contribution in [-0.2, 0) is 57.5 Å². The number of allylic oxidation sites excluding steroid dienone is 1. The van der Waals surface area contributed by atoms with Crippen molar-refractivity contribution < 1.29 is 52.5 Å². The number of benzene rings is 4. The number of pyridine rings is 1. The number of hydrogen-bond acceptors (Lipinski definition) is 13. The molecule has 2 aliphatic carbocycles. The largest absolute Gasteiger partial charge is 0.462 e. The summed E-state index contributed by atoms with van der Waals surface area (Å²) in [7, 11) is 0. The lowest BCUT2D eigenvalue weighted by Crippen LogP contribution is -2.30. The second kappa shape index (κ2) is 22.7. The van der Waals surface area contributed by atoms with E-state index in [0.717, 1.165) is 37.7 Å². The number of carbonyl (C=O) groups excluding carboxylic acids is 6. The summed E-state index contributed by atoms with van der Waals surface area (Å²) >= 11 is 1.60. The van der Waals surface area contributed by atoms with E-state index < -0.39 is 29.7 Å². The van der Waals surface area contributed by atoms with E-state index in [9.17, 15) is 28.8 Å². The fraction of sp³-hybridized carbons (Fsp3) is 0.304. The minimum Gasteiger partial charge on any atom is -0.462 e. The van der Waals surface area contributed by atoms with Gasteiger partial charge in [0, 0.05) is 35.4 Å². The Morgan fingerprint density at radius 3 is 1.72 bits per heavy atom. The molecular formula is C56H53NO11S. The van der Waals surface area contributed by atoms with Gasteiger partial charge in [-0.3, -0.25) is 24.0 Å². The molecule has 13 heteroatoms. The zero-order valence-electron chi connectivity index (χ0n) is 38.2. The number of rotatable bonds is 18. The van der Waals surface area contributed by atoms with Gasteiger partial charge in [-0.2, -0.15) is 0 Å². The first kappa shape index (κ1) is 48.2. The molecule has 0 unspecified atom stereocenters. The van der Waals surface area contributed by atoms with Gasteiger partial charge in [-0.15, -0.1) is 11.3 Å². The van der Waals surface area contributed by atoms with E-state index in [4.69, 9.17) is 28.7 Å². The fourth-order valence-corrected chi connectivity index (χ4v) is 9.79. The van der Waals surface area contributed by atoms with Gasteiger partial charge in [0.1, 0.15) is 29.2 Å². The quantitative estimate of drug-likeness (QED) is 0.0456. The smallest absolute Gasteiger partial charge is 0.335 e. The lowest BCUT2D eigenvalue weighted by atomic mass is 9.87. The summed E-state index contributed by atoms with van der Waals surface area (Å²) in [6.45, 7) is 6.90. The van der Waals surface area contributed by atoms with Crippen molar-refractivity contribution in [2.24, 2.45) is 11.8 Å². The highest BCUT2D eigenvalue weighted by molar-refractivity contribution is 7.22. The summed E-state index contributed by atoms with van der Waals surface area (Å²) in [6.07, 6.45) is 7.53. The molecule has 2 heterocycles. The van der Waals surface area contributed by atoms with Crippen molar-refractivity contribution in [2.75, 3.05) is 0 Å². The molecule has 8 rings (SSSR count). The highest BCUT2D eigenvalue weighted by Crippen LogP contribution is 2.39. The molecule has 0 atom stereocenters. The molecule has 2 aromatic heterocycles. The van der Waals surface area contributed by atoms with Crippen molar-refractivity contribution in [3.63, 3.8) is 0 Å². The van der Waals surface area contributed by atoms with Crippen LogP contribution in [-0.4, -0.2) is 52.8 Å². The van der Waals surface area contributed by atoms with Crippen molar-refractivity contribution in [3.8, 4) is 27.8 Å². The Labute approximate surface area is 404 Å². The molecule has 0 N–H and O–H groups in total. The number of ether oxygens (including phenoxy) is 5. The van der Waals surface area contributed by atoms with E-state index >= 15 is 0 Å². The molecule has 0 spiro atoms. The van der Waals surface area contributed by atoms with E-state index in [0.29, 0.717) is 98.7 Å². The lowest BCUT2D eigenvalue weighted by Gasteiger charge is -2.27. The van der Waals surface area contributed by atoms with E-state index in [2.05, 4.69) is 25.3 Å². The maximum Gasteiger partial charge on any atom is 0.335 e. The molecule has 0 bridgehead atoms. The summed E-state index contributed by atoms with van der Waals surface area (Å²) < 4.78 is 30.0. The van der Waals surface area contributed by atoms with Gasteiger partial charge in [0.25, 0.3) is 0 Å². The molecule has 12 nitrogen and oxygen atoms in total. The van der Waals surface area contributed by atoms with Crippen molar-refractivity contribution in [1.29, 1.82) is 0 Å². The summed E-state index contributed by atoms with van der Waals surface area (Å²) in [5, 5.41) is 1.60. The van der Waals surface area contributed by atoms with Gasteiger partial charge in [0.2, 0.25) is 0 Å².